The molecular weight excluding hydrogens is 464 g/mol. The first-order chi connectivity index (χ1) is 17.0. The Morgan fingerprint density at radius 1 is 1.06 bits per heavy atom. The third-order valence-electron chi connectivity index (χ3n) is 5.99. The largest absolute Gasteiger partial charge is 0.394 e. The molecule has 0 saturated carbocycles. The molecule has 35 heavy (non-hydrogen) atoms. The molecule has 2 N–H and O–H groups in total. The minimum Gasteiger partial charge on any atom is -0.394 e. The van der Waals surface area contributed by atoms with Crippen molar-refractivity contribution >= 4 is 26.7 Å². The standard InChI is InChI=1S/C26H26N4O4S/c31-18-21-17-30(13-14-34-21)25-11-12-27-24-10-9-23(29-26(24)25)20-7-4-8-22(15-20)35(32,33)28-16-19-5-2-1-3-6-19/h1-12,15,21,28,31H,13-14,16-18H2/t21-/m0/s1. The van der Waals surface area contributed by atoms with Crippen LogP contribution in [-0.2, 0) is 21.3 Å². The second-order valence-corrected chi connectivity index (χ2v) is 10.1. The predicted molar refractivity (Wildman–Crippen MR) is 134 cm³/mol. The molecule has 1 atom stereocenters. The number of aliphatic hydroxyl groups excluding tert-OH is 1. The van der Waals surface area contributed by atoms with E-state index in [4.69, 9.17) is 9.72 Å². The topological polar surface area (TPSA) is 105 Å². The smallest absolute Gasteiger partial charge is 0.240 e. The van der Waals surface area contributed by atoms with E-state index in [2.05, 4.69) is 14.6 Å². The molecule has 0 unspecified atom stereocenters. The summed E-state index contributed by atoms with van der Waals surface area (Å²) >= 11 is 0. The van der Waals surface area contributed by atoms with Gasteiger partial charge in [0, 0.05) is 31.4 Å². The zero-order valence-electron chi connectivity index (χ0n) is 19.0. The quantitative estimate of drug-likeness (QED) is 0.410. The highest BCUT2D eigenvalue weighted by atomic mass is 32.2. The summed E-state index contributed by atoms with van der Waals surface area (Å²) in [5, 5.41) is 9.52. The molecule has 0 amide bonds. The van der Waals surface area contributed by atoms with Gasteiger partial charge in [0.2, 0.25) is 10.0 Å². The van der Waals surface area contributed by atoms with Gasteiger partial charge in [-0.3, -0.25) is 4.98 Å². The van der Waals surface area contributed by atoms with Crippen molar-refractivity contribution in [3.8, 4) is 11.3 Å². The van der Waals surface area contributed by atoms with Gasteiger partial charge in [0.05, 0.1) is 41.1 Å². The Kier molecular flexibility index (Phi) is 6.74. The van der Waals surface area contributed by atoms with E-state index in [-0.39, 0.29) is 24.2 Å². The normalized spacial score (nSPS) is 16.5. The van der Waals surface area contributed by atoms with Crippen LogP contribution >= 0.6 is 0 Å². The first-order valence-corrected chi connectivity index (χ1v) is 12.9. The number of rotatable bonds is 7. The van der Waals surface area contributed by atoms with E-state index in [1.54, 1.807) is 24.4 Å². The van der Waals surface area contributed by atoms with E-state index in [9.17, 15) is 13.5 Å². The molecule has 3 heterocycles. The average Bonchev–Trinajstić information content (AvgIpc) is 2.92. The predicted octanol–water partition coefficient (Wildman–Crippen LogP) is 2.97. The first kappa shape index (κ1) is 23.4. The Hall–Kier alpha value is -3.37. The molecule has 1 aliphatic heterocycles. The second-order valence-electron chi connectivity index (χ2n) is 8.35. The molecule has 1 fully saturated rings. The molecule has 1 saturated heterocycles. The summed E-state index contributed by atoms with van der Waals surface area (Å²) in [5.74, 6) is 0. The van der Waals surface area contributed by atoms with Gasteiger partial charge in [0.1, 0.15) is 5.52 Å². The van der Waals surface area contributed by atoms with Crippen LogP contribution in [-0.4, -0.2) is 55.9 Å². The first-order valence-electron chi connectivity index (χ1n) is 11.4. The number of morpholine rings is 1. The number of pyridine rings is 2. The zero-order valence-corrected chi connectivity index (χ0v) is 19.9. The van der Waals surface area contributed by atoms with Crippen molar-refractivity contribution in [3.05, 3.63) is 84.6 Å². The fraction of sp³-hybridized carbons (Fsp3) is 0.231. The van der Waals surface area contributed by atoms with Crippen LogP contribution in [0.5, 0.6) is 0 Å². The van der Waals surface area contributed by atoms with Crippen LogP contribution in [0.2, 0.25) is 0 Å². The summed E-state index contributed by atoms with van der Waals surface area (Å²) in [6.45, 7) is 1.93. The van der Waals surface area contributed by atoms with Crippen LogP contribution in [0.25, 0.3) is 22.3 Å². The highest BCUT2D eigenvalue weighted by Crippen LogP contribution is 2.29. The van der Waals surface area contributed by atoms with Gasteiger partial charge in [-0.25, -0.2) is 18.1 Å². The number of ether oxygens (including phenoxy) is 1. The lowest BCUT2D eigenvalue weighted by Crippen LogP contribution is -2.44. The van der Waals surface area contributed by atoms with Gasteiger partial charge in [0.25, 0.3) is 0 Å². The number of aliphatic hydroxyl groups is 1. The van der Waals surface area contributed by atoms with E-state index in [1.807, 2.05) is 54.6 Å². The Morgan fingerprint density at radius 2 is 1.91 bits per heavy atom. The molecule has 8 nitrogen and oxygen atoms in total. The summed E-state index contributed by atoms with van der Waals surface area (Å²) in [4.78, 5) is 11.6. The molecule has 0 bridgehead atoms. The van der Waals surface area contributed by atoms with Gasteiger partial charge in [-0.2, -0.15) is 0 Å². The Morgan fingerprint density at radius 3 is 2.74 bits per heavy atom. The maximum absolute atomic E-state index is 12.9. The van der Waals surface area contributed by atoms with Crippen LogP contribution in [0.4, 0.5) is 5.69 Å². The zero-order chi connectivity index (χ0) is 24.3. The van der Waals surface area contributed by atoms with Crippen molar-refractivity contribution in [2.75, 3.05) is 31.2 Å². The van der Waals surface area contributed by atoms with Crippen molar-refractivity contribution < 1.29 is 18.3 Å². The van der Waals surface area contributed by atoms with Crippen molar-refractivity contribution in [3.63, 3.8) is 0 Å². The van der Waals surface area contributed by atoms with Gasteiger partial charge >= 0.3 is 0 Å². The number of hydrogen-bond donors (Lipinski definition) is 2. The molecule has 0 radical (unpaired) electrons. The second kappa shape index (κ2) is 10.1. The summed E-state index contributed by atoms with van der Waals surface area (Å²) in [6, 6.07) is 21.8. The highest BCUT2D eigenvalue weighted by molar-refractivity contribution is 7.89. The van der Waals surface area contributed by atoms with Gasteiger partial charge in [0.15, 0.2) is 0 Å². The third-order valence-corrected chi connectivity index (χ3v) is 7.39. The van der Waals surface area contributed by atoms with Crippen LogP contribution in [0, 0.1) is 0 Å². The SMILES string of the molecule is O=S(=O)(NCc1ccccc1)c1cccc(-c2ccc3nccc(N4CCO[C@H](CO)C4)c3n2)c1. The van der Waals surface area contributed by atoms with Gasteiger partial charge in [-0.05, 0) is 35.9 Å². The number of nitrogens with zero attached hydrogens (tertiary/aromatic N) is 3. The van der Waals surface area contributed by atoms with E-state index in [1.165, 1.54) is 0 Å². The molecule has 4 aromatic rings. The van der Waals surface area contributed by atoms with Crippen LogP contribution in [0.3, 0.4) is 0 Å². The molecule has 9 heteroatoms. The number of sulfonamides is 1. The molecule has 0 aliphatic carbocycles. The Balaban J connectivity index is 1.45. The number of aromatic nitrogens is 2. The number of nitrogens with one attached hydrogen (secondary N) is 1. The molecular formula is C26H26N4O4S. The Labute approximate surface area is 204 Å². The average molecular weight is 491 g/mol. The van der Waals surface area contributed by atoms with E-state index in [0.29, 0.717) is 31.0 Å². The minimum absolute atomic E-state index is 0.0439. The lowest BCUT2D eigenvalue weighted by atomic mass is 10.1. The lowest BCUT2D eigenvalue weighted by Gasteiger charge is -2.34. The monoisotopic (exact) mass is 490 g/mol. The molecule has 2 aromatic carbocycles. The number of hydrogen-bond acceptors (Lipinski definition) is 7. The summed E-state index contributed by atoms with van der Waals surface area (Å²) < 4.78 is 34.1. The maximum Gasteiger partial charge on any atom is 0.240 e. The van der Waals surface area contributed by atoms with Crippen molar-refractivity contribution in [1.29, 1.82) is 0 Å². The maximum atomic E-state index is 12.9. The molecule has 2 aromatic heterocycles. The van der Waals surface area contributed by atoms with Crippen molar-refractivity contribution in [2.45, 2.75) is 17.5 Å². The van der Waals surface area contributed by atoms with E-state index < -0.39 is 10.0 Å². The number of anilines is 1. The lowest BCUT2D eigenvalue weighted by molar-refractivity contribution is 0.00363. The number of benzene rings is 2. The van der Waals surface area contributed by atoms with Crippen LogP contribution in [0.15, 0.2) is 83.9 Å². The molecule has 0 spiro atoms. The Bertz CT molecular complexity index is 1430. The van der Waals surface area contributed by atoms with Gasteiger partial charge < -0.3 is 14.7 Å². The molecule has 1 aliphatic rings. The molecule has 180 valence electrons. The summed E-state index contributed by atoms with van der Waals surface area (Å²) in [7, 11) is -3.70. The summed E-state index contributed by atoms with van der Waals surface area (Å²) in [6.07, 6.45) is 1.49. The fourth-order valence-corrected chi connectivity index (χ4v) is 5.22. The van der Waals surface area contributed by atoms with E-state index >= 15 is 0 Å². The summed E-state index contributed by atoms with van der Waals surface area (Å²) in [5.41, 5.74) is 4.60. The fourth-order valence-electron chi connectivity index (χ4n) is 4.16. The van der Waals surface area contributed by atoms with E-state index in [0.717, 1.165) is 22.3 Å². The highest BCUT2D eigenvalue weighted by Gasteiger charge is 2.22. The van der Waals surface area contributed by atoms with Gasteiger partial charge in [-0.1, -0.05) is 42.5 Å². The van der Waals surface area contributed by atoms with Crippen LogP contribution < -0.4 is 9.62 Å². The number of fused-ring (bicyclic) bond motifs is 1. The van der Waals surface area contributed by atoms with Gasteiger partial charge in [-0.15, -0.1) is 0 Å². The van der Waals surface area contributed by atoms with Crippen LogP contribution in [0.1, 0.15) is 5.56 Å². The third kappa shape index (κ3) is 5.18. The minimum atomic E-state index is -3.70. The molecule has 5 rings (SSSR count). The van der Waals surface area contributed by atoms with Crippen molar-refractivity contribution in [1.82, 2.24) is 14.7 Å². The van der Waals surface area contributed by atoms with Crippen molar-refractivity contribution in [2.24, 2.45) is 0 Å².